The third-order valence-corrected chi connectivity index (χ3v) is 4.36. The van der Waals surface area contributed by atoms with Crippen LogP contribution in [0, 0.1) is 16.7 Å². The zero-order valence-electron chi connectivity index (χ0n) is 7.61. The van der Waals surface area contributed by atoms with Gasteiger partial charge in [0, 0.05) is 12.3 Å². The van der Waals surface area contributed by atoms with Gasteiger partial charge in [-0.15, -0.1) is 0 Å². The third kappa shape index (κ3) is 0.646. The summed E-state index contributed by atoms with van der Waals surface area (Å²) in [5.41, 5.74) is 0.610. The summed E-state index contributed by atoms with van der Waals surface area (Å²) in [6.07, 6.45) is 3.24. The average molecular weight is 152 g/mol. The molecule has 0 aromatic rings. The molecule has 2 fully saturated rings. The van der Waals surface area contributed by atoms with Gasteiger partial charge in [-0.05, 0) is 23.7 Å². The SMILES string of the molecule is CC12CCC(C(=O)C1)C2(C)C. The number of carbonyl (C=O) groups excluding carboxylic acids is 1. The number of hydrogen-bond acceptors (Lipinski definition) is 1. The van der Waals surface area contributed by atoms with Gasteiger partial charge in [-0.2, -0.15) is 0 Å². The minimum atomic E-state index is 0.282. The van der Waals surface area contributed by atoms with Gasteiger partial charge in [0.05, 0.1) is 0 Å². The molecule has 0 N–H and O–H groups in total. The molecule has 0 aromatic carbocycles. The highest BCUT2D eigenvalue weighted by molar-refractivity contribution is 5.86. The summed E-state index contributed by atoms with van der Waals surface area (Å²) in [6.45, 7) is 6.79. The highest BCUT2D eigenvalue weighted by Crippen LogP contribution is 2.63. The minimum Gasteiger partial charge on any atom is -0.299 e. The molecule has 2 saturated carbocycles. The van der Waals surface area contributed by atoms with Crippen molar-refractivity contribution >= 4 is 5.78 Å². The van der Waals surface area contributed by atoms with Crippen LogP contribution in [0.25, 0.3) is 0 Å². The van der Waals surface area contributed by atoms with Crippen LogP contribution in [0.3, 0.4) is 0 Å². The largest absolute Gasteiger partial charge is 0.299 e. The number of rotatable bonds is 0. The second-order valence-electron chi connectivity index (χ2n) is 5.02. The number of fused-ring (bicyclic) bond motifs is 2. The standard InChI is InChI=1S/C10H16O/c1-9(2)7-4-5-10(9,3)6-8(7)11/h7H,4-6H2,1-3H3. The van der Waals surface area contributed by atoms with Gasteiger partial charge in [0.25, 0.3) is 0 Å². The normalized spacial score (nSPS) is 46.8. The van der Waals surface area contributed by atoms with Crippen molar-refractivity contribution in [2.24, 2.45) is 16.7 Å². The van der Waals surface area contributed by atoms with Gasteiger partial charge in [0.2, 0.25) is 0 Å². The molecular weight excluding hydrogens is 136 g/mol. The van der Waals surface area contributed by atoms with Crippen LogP contribution in [0.5, 0.6) is 0 Å². The fourth-order valence-corrected chi connectivity index (χ4v) is 2.95. The fraction of sp³-hybridized carbons (Fsp3) is 0.900. The molecule has 0 spiro atoms. The molecule has 0 aliphatic heterocycles. The van der Waals surface area contributed by atoms with Crippen LogP contribution in [-0.4, -0.2) is 5.78 Å². The van der Waals surface area contributed by atoms with E-state index < -0.39 is 0 Å². The summed E-state index contributed by atoms with van der Waals surface area (Å²) in [6, 6.07) is 0. The van der Waals surface area contributed by atoms with Crippen molar-refractivity contribution in [1.82, 2.24) is 0 Å². The second-order valence-corrected chi connectivity index (χ2v) is 5.02. The van der Waals surface area contributed by atoms with E-state index in [0.717, 1.165) is 12.8 Å². The Kier molecular flexibility index (Phi) is 1.13. The number of Topliss-reactive ketones (excluding diaryl/α,β-unsaturated/α-hetero) is 1. The molecule has 2 bridgehead atoms. The number of hydrogen-bond donors (Lipinski definition) is 0. The Hall–Kier alpha value is -0.330. The lowest BCUT2D eigenvalue weighted by molar-refractivity contribution is -0.122. The van der Waals surface area contributed by atoms with Crippen LogP contribution in [0.4, 0.5) is 0 Å². The van der Waals surface area contributed by atoms with Crippen molar-refractivity contribution in [2.45, 2.75) is 40.0 Å². The molecule has 2 unspecified atom stereocenters. The molecule has 0 radical (unpaired) electrons. The van der Waals surface area contributed by atoms with Crippen LogP contribution in [-0.2, 0) is 4.79 Å². The van der Waals surface area contributed by atoms with E-state index in [-0.39, 0.29) is 5.41 Å². The summed E-state index contributed by atoms with van der Waals surface area (Å²) >= 11 is 0. The van der Waals surface area contributed by atoms with Crippen molar-refractivity contribution in [3.63, 3.8) is 0 Å². The van der Waals surface area contributed by atoms with Crippen molar-refractivity contribution < 1.29 is 4.79 Å². The molecule has 2 rings (SSSR count). The number of ketones is 1. The van der Waals surface area contributed by atoms with E-state index in [1.807, 2.05) is 0 Å². The molecular formula is C10H16O. The zero-order valence-corrected chi connectivity index (χ0v) is 7.61. The Morgan fingerprint density at radius 2 is 2.00 bits per heavy atom. The maximum atomic E-state index is 11.5. The summed E-state index contributed by atoms with van der Waals surface area (Å²) in [7, 11) is 0. The first-order valence-corrected chi connectivity index (χ1v) is 4.50. The fourth-order valence-electron chi connectivity index (χ4n) is 2.95. The van der Waals surface area contributed by atoms with Crippen LogP contribution in [0.2, 0.25) is 0 Å². The van der Waals surface area contributed by atoms with Gasteiger partial charge >= 0.3 is 0 Å². The predicted octanol–water partition coefficient (Wildman–Crippen LogP) is 2.40. The average Bonchev–Trinajstić information content (AvgIpc) is 2.13. The van der Waals surface area contributed by atoms with Crippen molar-refractivity contribution in [2.75, 3.05) is 0 Å². The van der Waals surface area contributed by atoms with Gasteiger partial charge in [0.1, 0.15) is 5.78 Å². The summed E-state index contributed by atoms with van der Waals surface area (Å²) in [4.78, 5) is 11.5. The van der Waals surface area contributed by atoms with Crippen LogP contribution >= 0.6 is 0 Å². The quantitative estimate of drug-likeness (QED) is 0.521. The van der Waals surface area contributed by atoms with Gasteiger partial charge in [-0.1, -0.05) is 20.8 Å². The van der Waals surface area contributed by atoms with E-state index in [9.17, 15) is 4.79 Å². The summed E-state index contributed by atoms with van der Waals surface area (Å²) in [5, 5.41) is 0. The summed E-state index contributed by atoms with van der Waals surface area (Å²) < 4.78 is 0. The molecule has 1 heteroatoms. The highest BCUT2D eigenvalue weighted by atomic mass is 16.1. The minimum absolute atomic E-state index is 0.282. The van der Waals surface area contributed by atoms with E-state index in [4.69, 9.17) is 0 Å². The monoisotopic (exact) mass is 152 g/mol. The molecule has 11 heavy (non-hydrogen) atoms. The third-order valence-electron chi connectivity index (χ3n) is 4.36. The Morgan fingerprint density at radius 3 is 2.18 bits per heavy atom. The van der Waals surface area contributed by atoms with Gasteiger partial charge in [-0.25, -0.2) is 0 Å². The van der Waals surface area contributed by atoms with E-state index in [1.54, 1.807) is 0 Å². The lowest BCUT2D eigenvalue weighted by Gasteiger charge is -2.33. The molecule has 0 amide bonds. The van der Waals surface area contributed by atoms with Crippen LogP contribution < -0.4 is 0 Å². The smallest absolute Gasteiger partial charge is 0.137 e. The van der Waals surface area contributed by atoms with Gasteiger partial charge < -0.3 is 0 Å². The van der Waals surface area contributed by atoms with Gasteiger partial charge in [0.15, 0.2) is 0 Å². The molecule has 2 aliphatic rings. The topological polar surface area (TPSA) is 17.1 Å². The van der Waals surface area contributed by atoms with Crippen molar-refractivity contribution in [1.29, 1.82) is 0 Å². The Labute approximate surface area is 68.2 Å². The molecule has 0 heterocycles. The van der Waals surface area contributed by atoms with Crippen molar-refractivity contribution in [3.8, 4) is 0 Å². The van der Waals surface area contributed by atoms with Gasteiger partial charge in [-0.3, -0.25) is 4.79 Å². The zero-order chi connectivity index (χ0) is 8.28. The lowest BCUT2D eigenvalue weighted by Crippen LogP contribution is -2.26. The first-order chi connectivity index (χ1) is 4.97. The van der Waals surface area contributed by atoms with Crippen LogP contribution in [0.15, 0.2) is 0 Å². The van der Waals surface area contributed by atoms with E-state index in [1.165, 1.54) is 6.42 Å². The van der Waals surface area contributed by atoms with E-state index in [0.29, 0.717) is 17.1 Å². The summed E-state index contributed by atoms with van der Waals surface area (Å²) in [5.74, 6) is 0.899. The Balaban J connectivity index is 2.45. The second kappa shape index (κ2) is 1.70. The number of carbonyl (C=O) groups is 1. The lowest BCUT2D eigenvalue weighted by atomic mass is 9.71. The maximum Gasteiger partial charge on any atom is 0.137 e. The molecule has 62 valence electrons. The molecule has 0 aromatic heterocycles. The van der Waals surface area contributed by atoms with E-state index in [2.05, 4.69) is 20.8 Å². The Morgan fingerprint density at radius 1 is 1.36 bits per heavy atom. The molecule has 1 nitrogen and oxygen atoms in total. The van der Waals surface area contributed by atoms with Crippen molar-refractivity contribution in [3.05, 3.63) is 0 Å². The first-order valence-electron chi connectivity index (χ1n) is 4.50. The first kappa shape index (κ1) is 7.33. The molecule has 0 saturated heterocycles. The molecule has 2 aliphatic carbocycles. The maximum absolute atomic E-state index is 11.5. The highest BCUT2D eigenvalue weighted by Gasteiger charge is 2.60. The molecule has 2 atom stereocenters. The Bertz CT molecular complexity index is 214. The van der Waals surface area contributed by atoms with Crippen LogP contribution in [0.1, 0.15) is 40.0 Å². The predicted molar refractivity (Wildman–Crippen MR) is 44.2 cm³/mol. The van der Waals surface area contributed by atoms with E-state index >= 15 is 0 Å².